The maximum absolute atomic E-state index is 14.3. The van der Waals surface area contributed by atoms with Crippen LogP contribution in [0.5, 0.6) is 5.75 Å². The van der Waals surface area contributed by atoms with Crippen molar-refractivity contribution in [3.8, 4) is 16.9 Å². The highest BCUT2D eigenvalue weighted by Gasteiger charge is 2.61. The van der Waals surface area contributed by atoms with Crippen LogP contribution in [-0.2, 0) is 15.1 Å². The van der Waals surface area contributed by atoms with E-state index in [2.05, 4.69) is 9.98 Å². The Bertz CT molecular complexity index is 1010. The number of carbonyl (C=O) groups excluding carboxylic acids is 1. The number of hydrogen-bond acceptors (Lipinski definition) is 6. The Balaban J connectivity index is 1.74. The van der Waals surface area contributed by atoms with Gasteiger partial charge in [-0.25, -0.2) is 9.98 Å². The molecule has 3 atom stereocenters. The Labute approximate surface area is 161 Å². The molecule has 28 heavy (non-hydrogen) atoms. The second-order valence-electron chi connectivity index (χ2n) is 7.24. The molecular formula is C20H19FN4O3. The highest BCUT2D eigenvalue weighted by molar-refractivity contribution is 6.08. The van der Waals surface area contributed by atoms with E-state index in [-0.39, 0.29) is 18.0 Å². The molecule has 8 heteroatoms. The molecule has 1 saturated heterocycles. The minimum atomic E-state index is -1.33. The van der Waals surface area contributed by atoms with Crippen LogP contribution in [0.15, 0.2) is 41.5 Å². The third kappa shape index (κ3) is 2.21. The first-order chi connectivity index (χ1) is 13.5. The van der Waals surface area contributed by atoms with Crippen LogP contribution in [0.4, 0.5) is 4.39 Å². The van der Waals surface area contributed by atoms with Crippen molar-refractivity contribution in [1.82, 2.24) is 9.88 Å². The first kappa shape index (κ1) is 17.1. The Kier molecular flexibility index (Phi) is 3.67. The van der Waals surface area contributed by atoms with E-state index in [1.807, 2.05) is 0 Å². The molecule has 0 radical (unpaired) electrons. The number of aliphatic imine (C=N–C) groups is 1. The summed E-state index contributed by atoms with van der Waals surface area (Å²) < 4.78 is 26.4. The lowest BCUT2D eigenvalue weighted by molar-refractivity contribution is -0.151. The second kappa shape index (κ2) is 6.00. The van der Waals surface area contributed by atoms with Crippen molar-refractivity contribution in [2.75, 3.05) is 13.7 Å². The number of ether oxygens (including phenoxy) is 2. The number of carbonyl (C=O) groups is 1. The van der Waals surface area contributed by atoms with Crippen molar-refractivity contribution in [3.05, 3.63) is 48.0 Å². The summed E-state index contributed by atoms with van der Waals surface area (Å²) >= 11 is 0. The number of guanidine groups is 1. The smallest absolute Gasteiger partial charge is 0.264 e. The van der Waals surface area contributed by atoms with Gasteiger partial charge in [-0.05, 0) is 42.7 Å². The van der Waals surface area contributed by atoms with E-state index in [1.54, 1.807) is 37.4 Å². The number of benzene rings is 1. The zero-order chi connectivity index (χ0) is 19.5. The van der Waals surface area contributed by atoms with E-state index in [9.17, 15) is 9.18 Å². The van der Waals surface area contributed by atoms with Crippen LogP contribution in [0, 0.1) is 5.95 Å². The van der Waals surface area contributed by atoms with Gasteiger partial charge in [0, 0.05) is 31.0 Å². The van der Waals surface area contributed by atoms with Gasteiger partial charge in [-0.3, -0.25) is 9.69 Å². The summed E-state index contributed by atoms with van der Waals surface area (Å²) in [6.07, 6.45) is 2.11. The largest absolute Gasteiger partial charge is 0.487 e. The summed E-state index contributed by atoms with van der Waals surface area (Å²) in [7, 11) is 1.59. The predicted octanol–water partition coefficient (Wildman–Crippen LogP) is 1.81. The van der Waals surface area contributed by atoms with Gasteiger partial charge < -0.3 is 15.2 Å². The molecule has 3 aliphatic heterocycles. The lowest BCUT2D eigenvalue weighted by atomic mass is 9.76. The van der Waals surface area contributed by atoms with Gasteiger partial charge in [0.15, 0.2) is 5.96 Å². The Morgan fingerprint density at radius 2 is 2.21 bits per heavy atom. The summed E-state index contributed by atoms with van der Waals surface area (Å²) in [5, 5.41) is 0. The fraction of sp³-hybridized carbons (Fsp3) is 0.350. The molecule has 5 rings (SSSR count). The number of halogens is 1. The van der Waals surface area contributed by atoms with Crippen LogP contribution < -0.4 is 10.5 Å². The van der Waals surface area contributed by atoms with E-state index in [4.69, 9.17) is 15.2 Å². The van der Waals surface area contributed by atoms with Gasteiger partial charge in [0.05, 0.1) is 0 Å². The maximum atomic E-state index is 14.3. The highest BCUT2D eigenvalue weighted by atomic mass is 19.1. The van der Waals surface area contributed by atoms with Crippen molar-refractivity contribution in [1.29, 1.82) is 0 Å². The average Bonchev–Trinajstić information content (AvgIpc) is 2.93. The number of rotatable bonds is 1. The molecule has 1 spiro atoms. The number of fused-ring (bicyclic) bond motifs is 4. The zero-order valence-corrected chi connectivity index (χ0v) is 15.3. The second-order valence-corrected chi connectivity index (χ2v) is 7.24. The van der Waals surface area contributed by atoms with Gasteiger partial charge in [0.2, 0.25) is 11.5 Å². The molecule has 1 aromatic heterocycles. The maximum Gasteiger partial charge on any atom is 0.264 e. The van der Waals surface area contributed by atoms with E-state index >= 15 is 0 Å². The van der Waals surface area contributed by atoms with Crippen molar-refractivity contribution in [2.24, 2.45) is 10.7 Å². The van der Waals surface area contributed by atoms with Crippen LogP contribution in [0.3, 0.4) is 0 Å². The summed E-state index contributed by atoms with van der Waals surface area (Å²) in [6, 6.07) is 8.54. The van der Waals surface area contributed by atoms with Crippen LogP contribution in [-0.4, -0.2) is 47.6 Å². The van der Waals surface area contributed by atoms with Crippen LogP contribution in [0.25, 0.3) is 11.1 Å². The third-order valence-corrected chi connectivity index (χ3v) is 5.68. The summed E-state index contributed by atoms with van der Waals surface area (Å²) in [5.74, 6) is -0.183. The summed E-state index contributed by atoms with van der Waals surface area (Å²) in [4.78, 5) is 23.0. The van der Waals surface area contributed by atoms with Gasteiger partial charge in [-0.1, -0.05) is 6.07 Å². The molecule has 0 saturated carbocycles. The minimum absolute atomic E-state index is 0.128. The zero-order valence-electron chi connectivity index (χ0n) is 15.3. The van der Waals surface area contributed by atoms with Crippen molar-refractivity contribution in [3.63, 3.8) is 0 Å². The first-order valence-corrected chi connectivity index (χ1v) is 9.19. The topological polar surface area (TPSA) is 90.0 Å². The lowest BCUT2D eigenvalue weighted by Gasteiger charge is -2.45. The average molecular weight is 382 g/mol. The molecular weight excluding hydrogens is 363 g/mol. The molecule has 7 nitrogen and oxygen atoms in total. The first-order valence-electron chi connectivity index (χ1n) is 9.19. The predicted molar refractivity (Wildman–Crippen MR) is 99.1 cm³/mol. The van der Waals surface area contributed by atoms with Crippen molar-refractivity contribution in [2.45, 2.75) is 30.6 Å². The fourth-order valence-corrected chi connectivity index (χ4v) is 4.30. The monoisotopic (exact) mass is 382 g/mol. The molecule has 4 heterocycles. The molecule has 2 aromatic rings. The Hall–Kier alpha value is -3.00. The number of pyridine rings is 1. The molecule has 1 unspecified atom stereocenters. The lowest BCUT2D eigenvalue weighted by Crippen LogP contribution is -2.58. The number of likely N-dealkylation sites (N-methyl/N-ethyl adjacent to an activating group) is 1. The van der Waals surface area contributed by atoms with Gasteiger partial charge in [0.1, 0.15) is 18.0 Å². The standard InChI is InChI=1S/C20H19FN4O3/c1-25-18(26)20(24-19(25)22)13-10-11(12-4-2-8-23-17(12)21)6-7-14(13)28-15-5-3-9-27-16(15)20/h2,4,6-8,10,15-16H,3,5,9H2,1H3,(H2,22,24)/t15?,16-,20-/m0/s1. The van der Waals surface area contributed by atoms with Gasteiger partial charge in [-0.15, -0.1) is 0 Å². The van der Waals surface area contributed by atoms with E-state index in [0.717, 1.165) is 12.8 Å². The molecule has 3 aliphatic rings. The van der Waals surface area contributed by atoms with Gasteiger partial charge in [0.25, 0.3) is 5.91 Å². The molecule has 1 aromatic carbocycles. The van der Waals surface area contributed by atoms with Crippen LogP contribution in [0.1, 0.15) is 18.4 Å². The van der Waals surface area contributed by atoms with Crippen molar-refractivity contribution >= 4 is 11.9 Å². The Morgan fingerprint density at radius 1 is 1.36 bits per heavy atom. The number of hydrogen-bond donors (Lipinski definition) is 1. The van der Waals surface area contributed by atoms with Crippen LogP contribution in [0.2, 0.25) is 0 Å². The number of nitrogens with zero attached hydrogens (tertiary/aromatic N) is 3. The number of aromatic nitrogens is 1. The molecule has 0 aliphatic carbocycles. The molecule has 0 bridgehead atoms. The van der Waals surface area contributed by atoms with E-state index in [0.29, 0.717) is 29.0 Å². The molecule has 2 N–H and O–H groups in total. The SMILES string of the molecule is CN1C(=O)[C@]2(N=C1N)c1cc(-c3cccnc3F)ccc1OC1CCCO[C@@H]12. The Morgan fingerprint density at radius 3 is 2.96 bits per heavy atom. The van der Waals surface area contributed by atoms with Gasteiger partial charge >= 0.3 is 0 Å². The highest BCUT2D eigenvalue weighted by Crippen LogP contribution is 2.49. The molecule has 1 fully saturated rings. The van der Waals surface area contributed by atoms with Crippen LogP contribution >= 0.6 is 0 Å². The molecule has 144 valence electrons. The normalized spacial score (nSPS) is 28.6. The third-order valence-electron chi connectivity index (χ3n) is 5.68. The van der Waals surface area contributed by atoms with E-state index < -0.39 is 17.6 Å². The molecule has 1 amide bonds. The van der Waals surface area contributed by atoms with E-state index in [1.165, 1.54) is 11.1 Å². The summed E-state index contributed by atoms with van der Waals surface area (Å²) in [5.41, 5.74) is 6.14. The minimum Gasteiger partial charge on any atom is -0.487 e. The van der Waals surface area contributed by atoms with Gasteiger partial charge in [-0.2, -0.15) is 4.39 Å². The number of amides is 1. The summed E-state index contributed by atoms with van der Waals surface area (Å²) in [6.45, 7) is 0.519. The van der Waals surface area contributed by atoms with Crippen molar-refractivity contribution < 1.29 is 18.7 Å². The fourth-order valence-electron chi connectivity index (χ4n) is 4.30. The number of nitrogens with two attached hydrogens (primary N) is 1. The quantitative estimate of drug-likeness (QED) is 0.760.